The van der Waals surface area contributed by atoms with E-state index in [1.807, 2.05) is 36.4 Å². The summed E-state index contributed by atoms with van der Waals surface area (Å²) in [6.07, 6.45) is 0. The van der Waals surface area contributed by atoms with Crippen LogP contribution in [0.3, 0.4) is 0 Å². The maximum atomic E-state index is 14.0. The van der Waals surface area contributed by atoms with Gasteiger partial charge in [-0.3, -0.25) is 4.90 Å². The predicted octanol–water partition coefficient (Wildman–Crippen LogP) is 5.31. The second kappa shape index (κ2) is 8.28. The minimum Gasteiger partial charge on any atom is -0.454 e. The minimum absolute atomic E-state index is 0.163. The summed E-state index contributed by atoms with van der Waals surface area (Å²) in [6, 6.07) is 19.8. The summed E-state index contributed by atoms with van der Waals surface area (Å²) in [5.41, 5.74) is 3.09. The Hall–Kier alpha value is -4.66. The predicted molar refractivity (Wildman–Crippen MR) is 125 cm³/mol. The van der Waals surface area contributed by atoms with Gasteiger partial charge in [-0.25, -0.2) is 9.18 Å². The second-order valence-electron chi connectivity index (χ2n) is 8.10. The van der Waals surface area contributed by atoms with Crippen molar-refractivity contribution in [1.82, 2.24) is 15.5 Å². The molecule has 9 heteroatoms. The highest BCUT2D eigenvalue weighted by Gasteiger charge is 2.36. The molecule has 0 bridgehead atoms. The highest BCUT2D eigenvalue weighted by molar-refractivity contribution is 6.01. The molecule has 2 aliphatic heterocycles. The average molecular weight is 470 g/mol. The summed E-state index contributed by atoms with van der Waals surface area (Å²) in [4.78, 5) is 19.2. The van der Waals surface area contributed by atoms with Gasteiger partial charge in [0.2, 0.25) is 12.6 Å². The molecule has 35 heavy (non-hydrogen) atoms. The zero-order valence-electron chi connectivity index (χ0n) is 18.6. The summed E-state index contributed by atoms with van der Waals surface area (Å²) in [7, 11) is 0. The quantitative estimate of drug-likeness (QED) is 0.435. The Labute approximate surface area is 199 Å². The third-order valence-corrected chi connectivity index (χ3v) is 5.97. The highest BCUT2D eigenvalue weighted by Crippen LogP contribution is 2.40. The van der Waals surface area contributed by atoms with Gasteiger partial charge in [0, 0.05) is 11.3 Å². The molecule has 2 amide bonds. The van der Waals surface area contributed by atoms with Crippen LogP contribution in [0.4, 0.5) is 14.9 Å². The number of amides is 2. The van der Waals surface area contributed by atoms with Gasteiger partial charge in [-0.2, -0.15) is 4.98 Å². The fourth-order valence-corrected chi connectivity index (χ4v) is 4.33. The second-order valence-corrected chi connectivity index (χ2v) is 8.10. The normalized spacial score (nSPS) is 17.0. The number of ether oxygens (including phenoxy) is 2. The molecular weight excluding hydrogens is 451 g/mol. The molecule has 1 unspecified atom stereocenters. The molecule has 174 valence electrons. The number of hydrogen-bond donors (Lipinski definition) is 1. The Morgan fingerprint density at radius 2 is 1.83 bits per heavy atom. The standard InChI is InChI=1S/C26H19FN4O4/c1-15-22(25-29-24(30-35-25)17-10-11-20-21(12-17)34-14-33-20)23(16-6-3-2-4-7-16)28-26(32)31(15)19-9-5-8-18(27)13-19/h2-13,23H,14H2,1H3,(H,28,32). The van der Waals surface area contributed by atoms with Crippen molar-refractivity contribution >= 4 is 17.3 Å². The first-order chi connectivity index (χ1) is 17.1. The molecule has 8 nitrogen and oxygen atoms in total. The van der Waals surface area contributed by atoms with Crippen molar-refractivity contribution in [2.45, 2.75) is 13.0 Å². The molecule has 4 aromatic rings. The Bertz CT molecular complexity index is 1470. The number of nitrogens with one attached hydrogen (secondary N) is 1. The van der Waals surface area contributed by atoms with Crippen molar-refractivity contribution < 1.29 is 23.2 Å². The fraction of sp³-hybridized carbons (Fsp3) is 0.115. The molecule has 6 rings (SSSR count). The first-order valence-electron chi connectivity index (χ1n) is 10.9. The Balaban J connectivity index is 1.47. The molecule has 1 atom stereocenters. The van der Waals surface area contributed by atoms with E-state index >= 15 is 0 Å². The largest absolute Gasteiger partial charge is 0.454 e. The number of carbonyl (C=O) groups excluding carboxylic acids is 1. The van der Waals surface area contributed by atoms with Crippen LogP contribution in [0, 0.1) is 5.82 Å². The van der Waals surface area contributed by atoms with Crippen LogP contribution in [0.15, 0.2) is 83.0 Å². The number of carbonyl (C=O) groups is 1. The third kappa shape index (κ3) is 3.67. The molecule has 0 aliphatic carbocycles. The van der Waals surface area contributed by atoms with E-state index in [1.165, 1.54) is 17.0 Å². The van der Waals surface area contributed by atoms with Gasteiger partial charge in [-0.1, -0.05) is 41.6 Å². The molecule has 3 heterocycles. The number of benzene rings is 3. The Morgan fingerprint density at radius 1 is 1.00 bits per heavy atom. The molecule has 1 aromatic heterocycles. The number of aromatic nitrogens is 2. The SMILES string of the molecule is CC1=C(c2nc(-c3ccc4c(c3)OCO4)no2)C(c2ccccc2)NC(=O)N1c1cccc(F)c1. The number of halogens is 1. The van der Waals surface area contributed by atoms with E-state index in [-0.39, 0.29) is 18.7 Å². The van der Waals surface area contributed by atoms with E-state index in [9.17, 15) is 9.18 Å². The van der Waals surface area contributed by atoms with Crippen LogP contribution in [0.2, 0.25) is 0 Å². The molecule has 0 fully saturated rings. The van der Waals surface area contributed by atoms with Crippen LogP contribution in [0.25, 0.3) is 17.0 Å². The number of fused-ring (bicyclic) bond motifs is 1. The Morgan fingerprint density at radius 3 is 2.66 bits per heavy atom. The monoisotopic (exact) mass is 470 g/mol. The minimum atomic E-state index is -0.543. The van der Waals surface area contributed by atoms with E-state index in [0.29, 0.717) is 39.8 Å². The first-order valence-corrected chi connectivity index (χ1v) is 10.9. The zero-order chi connectivity index (χ0) is 23.9. The number of rotatable bonds is 4. The third-order valence-electron chi connectivity index (χ3n) is 5.97. The van der Waals surface area contributed by atoms with Gasteiger partial charge in [-0.15, -0.1) is 0 Å². The summed E-state index contributed by atoms with van der Waals surface area (Å²) in [5.74, 6) is 1.41. The lowest BCUT2D eigenvalue weighted by Gasteiger charge is -2.35. The van der Waals surface area contributed by atoms with Crippen molar-refractivity contribution in [3.05, 3.63) is 95.8 Å². The lowest BCUT2D eigenvalue weighted by Crippen LogP contribution is -2.46. The molecule has 0 saturated carbocycles. The van der Waals surface area contributed by atoms with E-state index in [2.05, 4.69) is 15.5 Å². The van der Waals surface area contributed by atoms with Gasteiger partial charge in [0.15, 0.2) is 11.5 Å². The van der Waals surface area contributed by atoms with Crippen LogP contribution in [0.1, 0.15) is 24.4 Å². The van der Waals surface area contributed by atoms with Crippen LogP contribution >= 0.6 is 0 Å². The first kappa shape index (κ1) is 20.9. The number of nitrogens with zero attached hydrogens (tertiary/aromatic N) is 3. The average Bonchev–Trinajstić information content (AvgIpc) is 3.54. The van der Waals surface area contributed by atoms with Crippen LogP contribution in [-0.4, -0.2) is 23.0 Å². The van der Waals surface area contributed by atoms with Gasteiger partial charge < -0.3 is 19.3 Å². The highest BCUT2D eigenvalue weighted by atomic mass is 19.1. The van der Waals surface area contributed by atoms with Crippen molar-refractivity contribution in [2.24, 2.45) is 0 Å². The lowest BCUT2D eigenvalue weighted by molar-refractivity contribution is 0.174. The lowest BCUT2D eigenvalue weighted by atomic mass is 9.94. The van der Waals surface area contributed by atoms with Gasteiger partial charge in [0.05, 0.1) is 17.3 Å². The summed E-state index contributed by atoms with van der Waals surface area (Å²) in [6.45, 7) is 1.94. The molecular formula is C26H19FN4O4. The maximum Gasteiger partial charge on any atom is 0.327 e. The van der Waals surface area contributed by atoms with E-state index in [0.717, 1.165) is 5.56 Å². The molecule has 0 radical (unpaired) electrons. The molecule has 3 aromatic carbocycles. The summed E-state index contributed by atoms with van der Waals surface area (Å²) >= 11 is 0. The molecule has 0 saturated heterocycles. The van der Waals surface area contributed by atoms with Gasteiger partial charge in [-0.05, 0) is 48.9 Å². The van der Waals surface area contributed by atoms with E-state index in [1.54, 1.807) is 31.2 Å². The van der Waals surface area contributed by atoms with Crippen molar-refractivity contribution in [2.75, 3.05) is 11.7 Å². The summed E-state index contributed by atoms with van der Waals surface area (Å²) in [5, 5.41) is 7.18. The molecule has 0 spiro atoms. The van der Waals surface area contributed by atoms with Crippen LogP contribution in [-0.2, 0) is 0 Å². The number of hydrogen-bond acceptors (Lipinski definition) is 6. The van der Waals surface area contributed by atoms with Crippen molar-refractivity contribution in [1.29, 1.82) is 0 Å². The van der Waals surface area contributed by atoms with E-state index < -0.39 is 11.9 Å². The van der Waals surface area contributed by atoms with Crippen molar-refractivity contribution in [3.8, 4) is 22.9 Å². The van der Waals surface area contributed by atoms with Gasteiger partial charge in [0.1, 0.15) is 5.82 Å². The van der Waals surface area contributed by atoms with Gasteiger partial charge in [0.25, 0.3) is 5.89 Å². The smallest absolute Gasteiger partial charge is 0.327 e. The van der Waals surface area contributed by atoms with Crippen molar-refractivity contribution in [3.63, 3.8) is 0 Å². The maximum absolute atomic E-state index is 14.0. The van der Waals surface area contributed by atoms with E-state index in [4.69, 9.17) is 14.0 Å². The molecule has 1 N–H and O–H groups in total. The zero-order valence-corrected chi connectivity index (χ0v) is 18.6. The molecule has 2 aliphatic rings. The fourth-order valence-electron chi connectivity index (χ4n) is 4.33. The van der Waals surface area contributed by atoms with Crippen LogP contribution < -0.4 is 19.7 Å². The number of anilines is 1. The number of urea groups is 1. The van der Waals surface area contributed by atoms with Gasteiger partial charge >= 0.3 is 6.03 Å². The Kier molecular flexibility index (Phi) is 4.95. The van der Waals surface area contributed by atoms with Crippen LogP contribution in [0.5, 0.6) is 11.5 Å². The topological polar surface area (TPSA) is 89.7 Å². The number of allylic oxidation sites excluding steroid dienone is 1. The summed E-state index contributed by atoms with van der Waals surface area (Å²) < 4.78 is 30.5.